The average Bonchev–Trinajstić information content (AvgIpc) is 2.85. The summed E-state index contributed by atoms with van der Waals surface area (Å²) in [5, 5.41) is 0. The molecule has 1 aromatic heterocycles. The van der Waals surface area contributed by atoms with Crippen LogP contribution < -0.4 is 10.5 Å². The minimum atomic E-state index is -3.45. The molecule has 1 saturated carbocycles. The number of nitrogens with zero attached hydrogens (tertiary/aromatic N) is 1. The van der Waals surface area contributed by atoms with Gasteiger partial charge in [0.1, 0.15) is 4.90 Å². The Bertz CT molecular complexity index is 508. The molecule has 1 aliphatic carbocycles. The Labute approximate surface area is 101 Å². The molecule has 1 aromatic rings. The molecule has 0 aliphatic heterocycles. The highest BCUT2D eigenvalue weighted by Gasteiger charge is 2.47. The van der Waals surface area contributed by atoms with E-state index in [2.05, 4.69) is 9.71 Å². The van der Waals surface area contributed by atoms with E-state index < -0.39 is 10.0 Å². The molecule has 0 radical (unpaired) electrons. The summed E-state index contributed by atoms with van der Waals surface area (Å²) in [5.41, 5.74) is 6.15. The van der Waals surface area contributed by atoms with Crippen LogP contribution in [0, 0.1) is 5.41 Å². The Morgan fingerprint density at radius 3 is 2.59 bits per heavy atom. The molecule has 0 bridgehead atoms. The van der Waals surface area contributed by atoms with Crippen LogP contribution in [0.1, 0.15) is 26.0 Å². The Morgan fingerprint density at radius 2 is 2.18 bits per heavy atom. The van der Waals surface area contributed by atoms with Crippen molar-refractivity contribution >= 4 is 10.0 Å². The minimum Gasteiger partial charge on any atom is -0.325 e. The molecule has 0 saturated heterocycles. The lowest BCUT2D eigenvalue weighted by atomic mass is 10.2. The Balaban J connectivity index is 2.14. The summed E-state index contributed by atoms with van der Waals surface area (Å²) < 4.78 is 26.7. The van der Waals surface area contributed by atoms with E-state index in [-0.39, 0.29) is 16.4 Å². The standard InChI is InChI=1S/C11H17N3O2S/c1-11(2)5-10(11)14-17(15,16)9-4-3-8(6-12)13-7-9/h3-4,7,10,14H,5-6,12H2,1-2H3. The van der Waals surface area contributed by atoms with Crippen molar-refractivity contribution in [3.63, 3.8) is 0 Å². The highest BCUT2D eigenvalue weighted by molar-refractivity contribution is 7.89. The smallest absolute Gasteiger partial charge is 0.242 e. The number of sulfonamides is 1. The first-order chi connectivity index (χ1) is 7.85. The highest BCUT2D eigenvalue weighted by atomic mass is 32.2. The van der Waals surface area contributed by atoms with E-state index in [1.807, 2.05) is 13.8 Å². The van der Waals surface area contributed by atoms with Gasteiger partial charge in [0.25, 0.3) is 0 Å². The first kappa shape index (κ1) is 12.5. The molecule has 1 aliphatic rings. The SMILES string of the molecule is CC1(C)CC1NS(=O)(=O)c1ccc(CN)nc1. The summed E-state index contributed by atoms with van der Waals surface area (Å²) in [4.78, 5) is 4.18. The lowest BCUT2D eigenvalue weighted by Gasteiger charge is -2.08. The first-order valence-corrected chi connectivity index (χ1v) is 7.01. The maximum Gasteiger partial charge on any atom is 0.242 e. The third-order valence-electron chi connectivity index (χ3n) is 3.13. The van der Waals surface area contributed by atoms with Crippen molar-refractivity contribution in [1.29, 1.82) is 0 Å². The third-order valence-corrected chi connectivity index (χ3v) is 4.58. The molecule has 0 spiro atoms. The van der Waals surface area contributed by atoms with Gasteiger partial charge in [-0.15, -0.1) is 0 Å². The molecule has 0 aromatic carbocycles. The number of nitrogens with one attached hydrogen (secondary N) is 1. The van der Waals surface area contributed by atoms with Crippen molar-refractivity contribution < 1.29 is 8.42 Å². The van der Waals surface area contributed by atoms with Crippen LogP contribution in [0.25, 0.3) is 0 Å². The van der Waals surface area contributed by atoms with E-state index in [1.165, 1.54) is 12.3 Å². The Morgan fingerprint density at radius 1 is 1.53 bits per heavy atom. The van der Waals surface area contributed by atoms with Crippen molar-refractivity contribution in [2.45, 2.75) is 37.8 Å². The van der Waals surface area contributed by atoms with Gasteiger partial charge in [0, 0.05) is 18.8 Å². The number of hydrogen-bond acceptors (Lipinski definition) is 4. The normalized spacial score (nSPS) is 22.4. The van der Waals surface area contributed by atoms with Gasteiger partial charge in [0.05, 0.1) is 5.69 Å². The number of pyridine rings is 1. The zero-order chi connectivity index (χ0) is 12.7. The van der Waals surface area contributed by atoms with Crippen LogP contribution in [0.3, 0.4) is 0 Å². The zero-order valence-electron chi connectivity index (χ0n) is 9.97. The van der Waals surface area contributed by atoms with E-state index in [4.69, 9.17) is 5.73 Å². The van der Waals surface area contributed by atoms with Gasteiger partial charge in [-0.25, -0.2) is 13.1 Å². The number of nitrogens with two attached hydrogens (primary N) is 1. The van der Waals surface area contributed by atoms with Gasteiger partial charge < -0.3 is 5.73 Å². The van der Waals surface area contributed by atoms with Crippen molar-refractivity contribution in [3.05, 3.63) is 24.0 Å². The van der Waals surface area contributed by atoms with Crippen LogP contribution in [0.2, 0.25) is 0 Å². The second-order valence-corrected chi connectivity index (χ2v) is 6.77. The summed E-state index contributed by atoms with van der Waals surface area (Å²) in [7, 11) is -3.45. The highest BCUT2D eigenvalue weighted by Crippen LogP contribution is 2.45. The summed E-state index contributed by atoms with van der Waals surface area (Å²) in [6, 6.07) is 3.20. The van der Waals surface area contributed by atoms with Crippen LogP contribution in [0.5, 0.6) is 0 Å². The molecule has 1 unspecified atom stereocenters. The molecule has 3 N–H and O–H groups in total. The molecular weight excluding hydrogens is 238 g/mol. The quantitative estimate of drug-likeness (QED) is 0.825. The van der Waals surface area contributed by atoms with E-state index in [0.29, 0.717) is 12.2 Å². The molecule has 1 atom stereocenters. The van der Waals surface area contributed by atoms with Crippen LogP contribution in [0.15, 0.2) is 23.2 Å². The van der Waals surface area contributed by atoms with Gasteiger partial charge in [0.15, 0.2) is 0 Å². The molecule has 17 heavy (non-hydrogen) atoms. The van der Waals surface area contributed by atoms with Gasteiger partial charge in [-0.05, 0) is 24.0 Å². The second kappa shape index (κ2) is 4.04. The minimum absolute atomic E-state index is 0.0293. The Hall–Kier alpha value is -0.980. The van der Waals surface area contributed by atoms with Crippen LogP contribution in [-0.2, 0) is 16.6 Å². The predicted octanol–water partition coefficient (Wildman–Crippen LogP) is 0.617. The maximum atomic E-state index is 12.0. The van der Waals surface area contributed by atoms with Crippen LogP contribution in [-0.4, -0.2) is 19.4 Å². The van der Waals surface area contributed by atoms with Crippen molar-refractivity contribution in [2.75, 3.05) is 0 Å². The fraction of sp³-hybridized carbons (Fsp3) is 0.545. The first-order valence-electron chi connectivity index (χ1n) is 5.52. The summed E-state index contributed by atoms with van der Waals surface area (Å²) in [6.07, 6.45) is 2.22. The van der Waals surface area contributed by atoms with Gasteiger partial charge in [-0.3, -0.25) is 4.98 Å². The monoisotopic (exact) mass is 255 g/mol. The van der Waals surface area contributed by atoms with E-state index in [0.717, 1.165) is 6.42 Å². The number of hydrogen-bond donors (Lipinski definition) is 2. The zero-order valence-corrected chi connectivity index (χ0v) is 10.8. The molecular formula is C11H17N3O2S. The van der Waals surface area contributed by atoms with Gasteiger partial charge in [0.2, 0.25) is 10.0 Å². The predicted molar refractivity (Wildman–Crippen MR) is 64.6 cm³/mol. The van der Waals surface area contributed by atoms with Crippen LogP contribution in [0.4, 0.5) is 0 Å². The average molecular weight is 255 g/mol. The van der Waals surface area contributed by atoms with E-state index in [9.17, 15) is 8.42 Å². The van der Waals surface area contributed by atoms with Gasteiger partial charge >= 0.3 is 0 Å². The van der Waals surface area contributed by atoms with Crippen LogP contribution >= 0.6 is 0 Å². The molecule has 6 heteroatoms. The van der Waals surface area contributed by atoms with Crippen molar-refractivity contribution in [2.24, 2.45) is 11.1 Å². The summed E-state index contributed by atoms with van der Waals surface area (Å²) in [6.45, 7) is 4.38. The summed E-state index contributed by atoms with van der Waals surface area (Å²) in [5.74, 6) is 0. The maximum absolute atomic E-state index is 12.0. The largest absolute Gasteiger partial charge is 0.325 e. The third kappa shape index (κ3) is 2.65. The molecule has 2 rings (SSSR count). The molecule has 94 valence electrons. The lowest BCUT2D eigenvalue weighted by Crippen LogP contribution is -2.28. The molecule has 5 nitrogen and oxygen atoms in total. The van der Waals surface area contributed by atoms with Crippen molar-refractivity contribution in [1.82, 2.24) is 9.71 Å². The topological polar surface area (TPSA) is 85.1 Å². The fourth-order valence-electron chi connectivity index (χ4n) is 1.61. The van der Waals surface area contributed by atoms with E-state index in [1.54, 1.807) is 6.07 Å². The number of aromatic nitrogens is 1. The second-order valence-electron chi connectivity index (χ2n) is 5.06. The van der Waals surface area contributed by atoms with Crippen molar-refractivity contribution in [3.8, 4) is 0 Å². The van der Waals surface area contributed by atoms with Gasteiger partial charge in [-0.1, -0.05) is 13.8 Å². The molecule has 1 fully saturated rings. The molecule has 1 heterocycles. The Kier molecular flexibility index (Phi) is 2.97. The summed E-state index contributed by atoms with van der Waals surface area (Å²) >= 11 is 0. The molecule has 0 amide bonds. The van der Waals surface area contributed by atoms with Gasteiger partial charge in [-0.2, -0.15) is 0 Å². The fourth-order valence-corrected chi connectivity index (χ4v) is 2.97. The number of rotatable bonds is 4. The lowest BCUT2D eigenvalue weighted by molar-refractivity contribution is 0.554. The van der Waals surface area contributed by atoms with E-state index >= 15 is 0 Å².